The van der Waals surface area contributed by atoms with Crippen LogP contribution in [0.15, 0.2) is 40.6 Å². The number of benzene rings is 1. The standard InChI is InChI=1S/C17H19ClN2O3S2/c1-12-8-9-16(24-12)25(22,23)20-10-4-5-13(11-20)17(21)19-15-7-3-2-6-14(15)18/h2-3,6-9,13H,4-5,10-11H2,1H3,(H,19,21)/t13-/m1/s1. The monoisotopic (exact) mass is 398 g/mol. The summed E-state index contributed by atoms with van der Waals surface area (Å²) in [6, 6.07) is 10.4. The predicted octanol–water partition coefficient (Wildman–Crippen LogP) is 3.75. The number of piperidine rings is 1. The van der Waals surface area contributed by atoms with Gasteiger partial charge in [-0.2, -0.15) is 4.31 Å². The fourth-order valence-corrected chi connectivity index (χ4v) is 5.99. The molecule has 1 N–H and O–H groups in total. The van der Waals surface area contributed by atoms with Gasteiger partial charge in [-0.25, -0.2) is 8.42 Å². The third-order valence-electron chi connectivity index (χ3n) is 4.20. The molecule has 0 bridgehead atoms. The summed E-state index contributed by atoms with van der Waals surface area (Å²) in [6.45, 7) is 2.50. The number of amides is 1. The van der Waals surface area contributed by atoms with E-state index in [0.717, 1.165) is 4.88 Å². The number of hydrogen-bond acceptors (Lipinski definition) is 4. The summed E-state index contributed by atoms with van der Waals surface area (Å²) in [5.41, 5.74) is 0.544. The van der Waals surface area contributed by atoms with Crippen molar-refractivity contribution in [3.8, 4) is 0 Å². The molecule has 2 aromatic rings. The second kappa shape index (κ2) is 7.45. The minimum absolute atomic E-state index is 0.190. The molecule has 1 aliphatic heterocycles. The number of rotatable bonds is 4. The Morgan fingerprint density at radius 2 is 2.04 bits per heavy atom. The van der Waals surface area contributed by atoms with Gasteiger partial charge < -0.3 is 5.32 Å². The van der Waals surface area contributed by atoms with Gasteiger partial charge in [0.05, 0.1) is 16.6 Å². The van der Waals surface area contributed by atoms with Crippen molar-refractivity contribution in [2.24, 2.45) is 5.92 Å². The molecule has 5 nitrogen and oxygen atoms in total. The highest BCUT2D eigenvalue weighted by molar-refractivity contribution is 7.91. The molecular formula is C17H19ClN2O3S2. The van der Waals surface area contributed by atoms with Gasteiger partial charge >= 0.3 is 0 Å². The first-order chi connectivity index (χ1) is 11.9. The summed E-state index contributed by atoms with van der Waals surface area (Å²) >= 11 is 7.33. The molecule has 0 unspecified atom stereocenters. The lowest BCUT2D eigenvalue weighted by molar-refractivity contribution is -0.120. The quantitative estimate of drug-likeness (QED) is 0.852. The minimum Gasteiger partial charge on any atom is -0.324 e. The van der Waals surface area contributed by atoms with Gasteiger partial charge in [0.25, 0.3) is 10.0 Å². The van der Waals surface area contributed by atoms with Gasteiger partial charge in [0, 0.05) is 18.0 Å². The van der Waals surface area contributed by atoms with Gasteiger partial charge in [-0.15, -0.1) is 11.3 Å². The number of thiophene rings is 1. The lowest BCUT2D eigenvalue weighted by Gasteiger charge is -2.30. The van der Waals surface area contributed by atoms with E-state index >= 15 is 0 Å². The van der Waals surface area contributed by atoms with Gasteiger partial charge in [-0.05, 0) is 44.0 Å². The highest BCUT2D eigenvalue weighted by Gasteiger charge is 2.34. The van der Waals surface area contributed by atoms with Gasteiger partial charge in [-0.1, -0.05) is 23.7 Å². The van der Waals surface area contributed by atoms with Crippen molar-refractivity contribution in [2.45, 2.75) is 24.0 Å². The Morgan fingerprint density at radius 3 is 2.72 bits per heavy atom. The van der Waals surface area contributed by atoms with E-state index in [-0.39, 0.29) is 18.4 Å². The topological polar surface area (TPSA) is 66.5 Å². The first kappa shape index (κ1) is 18.4. The first-order valence-corrected chi connectivity index (χ1v) is 10.6. The Labute approximate surface area is 156 Å². The molecule has 1 saturated heterocycles. The normalized spacial score (nSPS) is 18.9. The first-order valence-electron chi connectivity index (χ1n) is 8.00. The van der Waals surface area contributed by atoms with Crippen LogP contribution in [0.2, 0.25) is 5.02 Å². The number of sulfonamides is 1. The maximum absolute atomic E-state index is 12.8. The van der Waals surface area contributed by atoms with E-state index in [1.807, 2.05) is 6.92 Å². The van der Waals surface area contributed by atoms with Crippen LogP contribution in [0.5, 0.6) is 0 Å². The van der Waals surface area contributed by atoms with Crippen LogP contribution in [-0.2, 0) is 14.8 Å². The lowest BCUT2D eigenvalue weighted by Crippen LogP contribution is -2.43. The van der Waals surface area contributed by atoms with Crippen LogP contribution in [-0.4, -0.2) is 31.7 Å². The average Bonchev–Trinajstić information content (AvgIpc) is 3.04. The largest absolute Gasteiger partial charge is 0.324 e. The lowest BCUT2D eigenvalue weighted by atomic mass is 9.99. The summed E-state index contributed by atoms with van der Waals surface area (Å²) in [4.78, 5) is 13.5. The number of aryl methyl sites for hydroxylation is 1. The number of anilines is 1. The second-order valence-corrected chi connectivity index (χ2v) is 9.90. The molecule has 1 fully saturated rings. The van der Waals surface area contributed by atoms with Crippen molar-refractivity contribution in [1.82, 2.24) is 4.31 Å². The molecule has 1 aliphatic rings. The Hall–Kier alpha value is -1.41. The van der Waals surface area contributed by atoms with E-state index in [1.54, 1.807) is 36.4 Å². The van der Waals surface area contributed by atoms with Crippen molar-refractivity contribution in [3.63, 3.8) is 0 Å². The summed E-state index contributed by atoms with van der Waals surface area (Å²) < 4.78 is 27.3. The average molecular weight is 399 g/mol. The molecule has 134 valence electrons. The van der Waals surface area contributed by atoms with Gasteiger partial charge in [0.2, 0.25) is 5.91 Å². The van der Waals surface area contributed by atoms with E-state index < -0.39 is 10.0 Å². The molecule has 1 aromatic heterocycles. The number of hydrogen-bond donors (Lipinski definition) is 1. The molecule has 0 radical (unpaired) electrons. The molecule has 3 rings (SSSR count). The third-order valence-corrected chi connectivity index (χ3v) is 7.86. The maximum Gasteiger partial charge on any atom is 0.252 e. The highest BCUT2D eigenvalue weighted by atomic mass is 35.5. The number of nitrogens with one attached hydrogen (secondary N) is 1. The molecule has 1 amide bonds. The van der Waals surface area contributed by atoms with E-state index in [2.05, 4.69) is 5.32 Å². The Balaban J connectivity index is 1.73. The minimum atomic E-state index is -3.54. The molecular weight excluding hydrogens is 380 g/mol. The summed E-state index contributed by atoms with van der Waals surface area (Å²) in [7, 11) is -3.54. The number of para-hydroxylation sites is 1. The van der Waals surface area contributed by atoms with E-state index in [9.17, 15) is 13.2 Å². The smallest absolute Gasteiger partial charge is 0.252 e. The van der Waals surface area contributed by atoms with Crippen LogP contribution < -0.4 is 5.32 Å². The number of carbonyl (C=O) groups excluding carboxylic acids is 1. The Bertz CT molecular complexity index is 880. The fourth-order valence-electron chi connectivity index (χ4n) is 2.85. The predicted molar refractivity (Wildman–Crippen MR) is 101 cm³/mol. The van der Waals surface area contributed by atoms with E-state index in [4.69, 9.17) is 11.6 Å². The van der Waals surface area contributed by atoms with Crippen LogP contribution in [0, 0.1) is 12.8 Å². The van der Waals surface area contributed by atoms with E-state index in [0.29, 0.717) is 34.3 Å². The highest BCUT2D eigenvalue weighted by Crippen LogP contribution is 2.29. The molecule has 1 atom stereocenters. The summed E-state index contributed by atoms with van der Waals surface area (Å²) in [5, 5.41) is 3.27. The molecule has 2 heterocycles. The zero-order valence-corrected chi connectivity index (χ0v) is 16.1. The Kier molecular flexibility index (Phi) is 5.48. The number of halogens is 1. The second-order valence-electron chi connectivity index (χ2n) is 6.04. The SMILES string of the molecule is Cc1ccc(S(=O)(=O)N2CCC[C@@H](C(=O)Nc3ccccc3Cl)C2)s1. The van der Waals surface area contributed by atoms with Crippen molar-refractivity contribution < 1.29 is 13.2 Å². The van der Waals surface area contributed by atoms with Crippen LogP contribution in [0.25, 0.3) is 0 Å². The van der Waals surface area contributed by atoms with Crippen molar-refractivity contribution in [1.29, 1.82) is 0 Å². The zero-order valence-electron chi connectivity index (χ0n) is 13.7. The fraction of sp³-hybridized carbons (Fsp3) is 0.353. The molecule has 0 spiro atoms. The zero-order chi connectivity index (χ0) is 18.0. The maximum atomic E-state index is 12.8. The molecule has 1 aromatic carbocycles. The van der Waals surface area contributed by atoms with Crippen LogP contribution in [0.1, 0.15) is 17.7 Å². The third kappa shape index (κ3) is 4.06. The molecule has 8 heteroatoms. The van der Waals surface area contributed by atoms with Gasteiger partial charge in [-0.3, -0.25) is 4.79 Å². The Morgan fingerprint density at radius 1 is 1.28 bits per heavy atom. The van der Waals surface area contributed by atoms with Crippen LogP contribution in [0.4, 0.5) is 5.69 Å². The summed E-state index contributed by atoms with van der Waals surface area (Å²) in [5.74, 6) is -0.587. The van der Waals surface area contributed by atoms with Crippen molar-refractivity contribution in [3.05, 3.63) is 46.3 Å². The molecule has 0 aliphatic carbocycles. The van der Waals surface area contributed by atoms with Crippen LogP contribution in [0.3, 0.4) is 0 Å². The molecule has 25 heavy (non-hydrogen) atoms. The number of nitrogens with zero attached hydrogens (tertiary/aromatic N) is 1. The van der Waals surface area contributed by atoms with Crippen molar-refractivity contribution in [2.75, 3.05) is 18.4 Å². The van der Waals surface area contributed by atoms with Crippen LogP contribution >= 0.6 is 22.9 Å². The van der Waals surface area contributed by atoms with Gasteiger partial charge in [0.15, 0.2) is 0 Å². The summed E-state index contributed by atoms with van der Waals surface area (Å²) in [6.07, 6.45) is 1.32. The van der Waals surface area contributed by atoms with E-state index in [1.165, 1.54) is 15.6 Å². The number of carbonyl (C=O) groups is 1. The van der Waals surface area contributed by atoms with Gasteiger partial charge in [0.1, 0.15) is 4.21 Å². The molecule has 0 saturated carbocycles. The van der Waals surface area contributed by atoms with Crippen molar-refractivity contribution >= 4 is 44.6 Å².